The number of nitrogens with two attached hydrogens (primary N) is 1. The molecule has 0 spiro atoms. The summed E-state index contributed by atoms with van der Waals surface area (Å²) in [6.07, 6.45) is 4.83. The molecule has 1 amide bonds. The number of hydrogen-bond donors (Lipinski definition) is 2. The topological polar surface area (TPSA) is 64.4 Å². The maximum absolute atomic E-state index is 11.8. The van der Waals surface area contributed by atoms with Crippen LogP contribution in [0.4, 0.5) is 0 Å². The normalized spacial score (nSPS) is 20.9. The molecule has 0 radical (unpaired) electrons. The van der Waals surface area contributed by atoms with Gasteiger partial charge in [-0.3, -0.25) is 4.79 Å². The largest absolute Gasteiger partial charge is 0.381 e. The molecule has 0 aromatic heterocycles. The molecule has 4 nitrogen and oxygen atoms in total. The summed E-state index contributed by atoms with van der Waals surface area (Å²) < 4.78 is 5.32. The SMILES string of the molecule is CSCC[C@@H](N)C(=O)NC(C)C1CCOCC1. The van der Waals surface area contributed by atoms with Crippen molar-refractivity contribution in [2.75, 3.05) is 25.2 Å². The number of carbonyl (C=O) groups is 1. The molecule has 0 saturated carbocycles. The van der Waals surface area contributed by atoms with E-state index in [2.05, 4.69) is 12.2 Å². The quantitative estimate of drug-likeness (QED) is 0.748. The Hall–Kier alpha value is -0.260. The van der Waals surface area contributed by atoms with E-state index >= 15 is 0 Å². The molecule has 0 bridgehead atoms. The van der Waals surface area contributed by atoms with E-state index < -0.39 is 0 Å². The van der Waals surface area contributed by atoms with Crippen molar-refractivity contribution in [2.24, 2.45) is 11.7 Å². The standard InChI is InChI=1S/C12H24N2O2S/c1-9(10-3-6-16-7-4-10)14-12(15)11(13)5-8-17-2/h9-11H,3-8,13H2,1-2H3,(H,14,15)/t9?,11-/m1/s1. The number of ether oxygens (including phenoxy) is 1. The first-order valence-electron chi connectivity index (χ1n) is 6.27. The molecule has 100 valence electrons. The lowest BCUT2D eigenvalue weighted by Crippen LogP contribution is -2.47. The Morgan fingerprint density at radius 2 is 2.18 bits per heavy atom. The Morgan fingerprint density at radius 1 is 1.53 bits per heavy atom. The van der Waals surface area contributed by atoms with Crippen molar-refractivity contribution in [3.8, 4) is 0 Å². The zero-order valence-corrected chi connectivity index (χ0v) is 11.6. The fourth-order valence-electron chi connectivity index (χ4n) is 2.04. The second-order valence-corrected chi connectivity index (χ2v) is 5.62. The van der Waals surface area contributed by atoms with Crippen molar-refractivity contribution >= 4 is 17.7 Å². The number of thioether (sulfide) groups is 1. The van der Waals surface area contributed by atoms with Crippen molar-refractivity contribution in [1.82, 2.24) is 5.32 Å². The van der Waals surface area contributed by atoms with Crippen molar-refractivity contribution < 1.29 is 9.53 Å². The number of rotatable bonds is 6. The molecule has 1 saturated heterocycles. The maximum atomic E-state index is 11.8. The van der Waals surface area contributed by atoms with Gasteiger partial charge in [-0.05, 0) is 44.1 Å². The maximum Gasteiger partial charge on any atom is 0.237 e. The molecule has 1 rings (SSSR count). The molecule has 1 fully saturated rings. The zero-order valence-electron chi connectivity index (χ0n) is 10.8. The highest BCUT2D eigenvalue weighted by Gasteiger charge is 2.23. The minimum Gasteiger partial charge on any atom is -0.381 e. The molecule has 1 aliphatic rings. The monoisotopic (exact) mass is 260 g/mol. The van der Waals surface area contributed by atoms with E-state index in [1.165, 1.54) is 0 Å². The van der Waals surface area contributed by atoms with Crippen LogP contribution in [-0.2, 0) is 9.53 Å². The van der Waals surface area contributed by atoms with Crippen molar-refractivity contribution in [3.63, 3.8) is 0 Å². The first-order valence-corrected chi connectivity index (χ1v) is 7.67. The van der Waals surface area contributed by atoms with Gasteiger partial charge in [-0.25, -0.2) is 0 Å². The third kappa shape index (κ3) is 5.27. The Labute approximate surface area is 108 Å². The minimum atomic E-state index is -0.371. The highest BCUT2D eigenvalue weighted by molar-refractivity contribution is 7.98. The van der Waals surface area contributed by atoms with Gasteiger partial charge in [-0.1, -0.05) is 0 Å². The van der Waals surface area contributed by atoms with Gasteiger partial charge in [0.2, 0.25) is 5.91 Å². The minimum absolute atomic E-state index is 0.0157. The average Bonchev–Trinajstić information content (AvgIpc) is 2.36. The van der Waals surface area contributed by atoms with Crippen molar-refractivity contribution in [1.29, 1.82) is 0 Å². The lowest BCUT2D eigenvalue weighted by molar-refractivity contribution is -0.123. The lowest BCUT2D eigenvalue weighted by Gasteiger charge is -2.29. The zero-order chi connectivity index (χ0) is 12.7. The molecule has 1 heterocycles. The van der Waals surface area contributed by atoms with Crippen LogP contribution in [-0.4, -0.2) is 43.2 Å². The smallest absolute Gasteiger partial charge is 0.237 e. The summed E-state index contributed by atoms with van der Waals surface area (Å²) in [5, 5.41) is 3.03. The number of nitrogens with one attached hydrogen (secondary N) is 1. The van der Waals surface area contributed by atoms with E-state index in [0.717, 1.165) is 38.2 Å². The Balaban J connectivity index is 2.28. The molecule has 1 aliphatic heterocycles. The van der Waals surface area contributed by atoms with Gasteiger partial charge in [0.25, 0.3) is 0 Å². The van der Waals surface area contributed by atoms with Gasteiger partial charge in [0.05, 0.1) is 6.04 Å². The highest BCUT2D eigenvalue weighted by Crippen LogP contribution is 2.18. The molecular formula is C12H24N2O2S. The molecule has 0 aromatic rings. The molecular weight excluding hydrogens is 236 g/mol. The summed E-state index contributed by atoms with van der Waals surface area (Å²) >= 11 is 1.72. The predicted octanol–water partition coefficient (Wildman–Crippen LogP) is 0.998. The van der Waals surface area contributed by atoms with Crippen LogP contribution in [0, 0.1) is 5.92 Å². The fraction of sp³-hybridized carbons (Fsp3) is 0.917. The van der Waals surface area contributed by atoms with Crippen LogP contribution < -0.4 is 11.1 Å². The van der Waals surface area contributed by atoms with Crippen LogP contribution >= 0.6 is 11.8 Å². The number of carbonyl (C=O) groups excluding carboxylic acids is 1. The molecule has 0 aliphatic carbocycles. The highest BCUT2D eigenvalue weighted by atomic mass is 32.2. The van der Waals surface area contributed by atoms with Crippen LogP contribution in [0.3, 0.4) is 0 Å². The van der Waals surface area contributed by atoms with Gasteiger partial charge in [0, 0.05) is 19.3 Å². The molecule has 0 aromatic carbocycles. The van der Waals surface area contributed by atoms with E-state index in [4.69, 9.17) is 10.5 Å². The van der Waals surface area contributed by atoms with E-state index in [1.807, 2.05) is 6.26 Å². The predicted molar refractivity (Wildman–Crippen MR) is 72.1 cm³/mol. The molecule has 1 unspecified atom stereocenters. The van der Waals surface area contributed by atoms with Gasteiger partial charge < -0.3 is 15.8 Å². The Bertz CT molecular complexity index is 233. The van der Waals surface area contributed by atoms with Crippen molar-refractivity contribution in [2.45, 2.75) is 38.3 Å². The van der Waals surface area contributed by atoms with Crippen LogP contribution in [0.5, 0.6) is 0 Å². The second kappa shape index (κ2) is 7.95. The van der Waals surface area contributed by atoms with Crippen LogP contribution in [0.15, 0.2) is 0 Å². The summed E-state index contributed by atoms with van der Waals surface area (Å²) in [5.41, 5.74) is 5.83. The van der Waals surface area contributed by atoms with E-state index in [0.29, 0.717) is 5.92 Å². The fourth-order valence-corrected chi connectivity index (χ4v) is 2.53. The number of hydrogen-bond acceptors (Lipinski definition) is 4. The summed E-state index contributed by atoms with van der Waals surface area (Å²) in [7, 11) is 0. The van der Waals surface area contributed by atoms with Crippen LogP contribution in [0.25, 0.3) is 0 Å². The van der Waals surface area contributed by atoms with E-state index in [-0.39, 0.29) is 18.0 Å². The summed E-state index contributed by atoms with van der Waals surface area (Å²) in [6, 6.07) is -0.170. The van der Waals surface area contributed by atoms with E-state index in [1.54, 1.807) is 11.8 Å². The third-order valence-corrected chi connectivity index (χ3v) is 3.96. The van der Waals surface area contributed by atoms with Crippen molar-refractivity contribution in [3.05, 3.63) is 0 Å². The summed E-state index contributed by atoms with van der Waals surface area (Å²) in [4.78, 5) is 11.8. The molecule has 2 atom stereocenters. The van der Waals surface area contributed by atoms with Gasteiger partial charge in [-0.15, -0.1) is 0 Å². The van der Waals surface area contributed by atoms with Crippen LogP contribution in [0.2, 0.25) is 0 Å². The Morgan fingerprint density at radius 3 is 2.76 bits per heavy atom. The Kier molecular flexibility index (Phi) is 6.92. The van der Waals surface area contributed by atoms with Gasteiger partial charge in [0.15, 0.2) is 0 Å². The van der Waals surface area contributed by atoms with Gasteiger partial charge in [0.1, 0.15) is 0 Å². The third-order valence-electron chi connectivity index (χ3n) is 3.31. The van der Waals surface area contributed by atoms with Gasteiger partial charge >= 0.3 is 0 Å². The molecule has 5 heteroatoms. The number of amides is 1. The average molecular weight is 260 g/mol. The molecule has 3 N–H and O–H groups in total. The molecule has 17 heavy (non-hydrogen) atoms. The van der Waals surface area contributed by atoms with Crippen LogP contribution in [0.1, 0.15) is 26.2 Å². The first kappa shape index (κ1) is 14.8. The first-order chi connectivity index (χ1) is 8.15. The van der Waals surface area contributed by atoms with E-state index in [9.17, 15) is 4.79 Å². The second-order valence-electron chi connectivity index (χ2n) is 4.64. The lowest BCUT2D eigenvalue weighted by atomic mass is 9.93. The van der Waals surface area contributed by atoms with Gasteiger partial charge in [-0.2, -0.15) is 11.8 Å². The summed E-state index contributed by atoms with van der Waals surface area (Å²) in [6.45, 7) is 3.68. The summed E-state index contributed by atoms with van der Waals surface area (Å²) in [5.74, 6) is 1.44.